The minimum atomic E-state index is -4.12. The maximum absolute atomic E-state index is 12.2. The lowest BCUT2D eigenvalue weighted by molar-refractivity contribution is 0.341. The van der Waals surface area contributed by atoms with Crippen molar-refractivity contribution in [2.75, 3.05) is 13.2 Å². The van der Waals surface area contributed by atoms with Crippen molar-refractivity contribution in [1.82, 2.24) is 0 Å². The quantitative estimate of drug-likeness (QED) is 0.391. The molecule has 0 radical (unpaired) electrons. The average Bonchev–Trinajstić information content (AvgIpc) is 2.61. The second kappa shape index (κ2) is 7.59. The molecule has 3 aromatic carbocycles. The molecule has 150 valence electrons. The predicted molar refractivity (Wildman–Crippen MR) is 110 cm³/mol. The normalized spacial score (nSPS) is 12.4. The van der Waals surface area contributed by atoms with Crippen molar-refractivity contribution in [2.45, 2.75) is 23.6 Å². The fraction of sp³-hybridized carbons (Fsp3) is 0.222. The first kappa shape index (κ1) is 21.0. The second-order valence-electron chi connectivity index (χ2n) is 5.76. The van der Waals surface area contributed by atoms with Gasteiger partial charge < -0.3 is 9.47 Å². The van der Waals surface area contributed by atoms with Crippen LogP contribution in [-0.4, -0.2) is 30.0 Å². The largest absolute Gasteiger partial charge is 0.493 e. The fourth-order valence-corrected chi connectivity index (χ4v) is 5.32. The van der Waals surface area contributed by atoms with Gasteiger partial charge in [-0.3, -0.25) is 0 Å². The van der Waals surface area contributed by atoms with Crippen molar-refractivity contribution < 1.29 is 26.3 Å². The van der Waals surface area contributed by atoms with E-state index in [9.17, 15) is 16.8 Å². The number of ether oxygens (including phenoxy) is 2. The van der Waals surface area contributed by atoms with Gasteiger partial charge in [0.1, 0.15) is 11.5 Å². The highest BCUT2D eigenvalue weighted by atomic mass is 35.7. The van der Waals surface area contributed by atoms with Gasteiger partial charge in [0.2, 0.25) is 0 Å². The second-order valence-corrected chi connectivity index (χ2v) is 10.8. The SMILES string of the molecule is CCOc1c2cccc(S(=O)(=O)Cl)c2c(OCC)c2cccc(S(=O)(=O)Cl)c12. The smallest absolute Gasteiger partial charge is 0.262 e. The van der Waals surface area contributed by atoms with E-state index in [1.54, 1.807) is 26.0 Å². The lowest BCUT2D eigenvalue weighted by atomic mass is 10.00. The summed E-state index contributed by atoms with van der Waals surface area (Å²) in [6.07, 6.45) is 0. The van der Waals surface area contributed by atoms with E-state index >= 15 is 0 Å². The highest BCUT2D eigenvalue weighted by Gasteiger charge is 2.27. The number of hydrogen-bond donors (Lipinski definition) is 0. The minimum absolute atomic E-state index is 0.155. The Hall–Kier alpha value is -1.74. The molecule has 0 heterocycles. The lowest BCUT2D eigenvalue weighted by Crippen LogP contribution is -2.04. The van der Waals surface area contributed by atoms with Crippen LogP contribution in [0.3, 0.4) is 0 Å². The molecule has 3 rings (SSSR count). The van der Waals surface area contributed by atoms with Crippen LogP contribution in [0.25, 0.3) is 21.5 Å². The molecule has 0 unspecified atom stereocenters. The van der Waals surface area contributed by atoms with Crippen LogP contribution in [-0.2, 0) is 18.1 Å². The van der Waals surface area contributed by atoms with E-state index in [0.29, 0.717) is 10.8 Å². The molecule has 0 aliphatic rings. The van der Waals surface area contributed by atoms with Crippen molar-refractivity contribution in [2.24, 2.45) is 0 Å². The molecular formula is C18H16Cl2O6S2. The summed E-state index contributed by atoms with van der Waals surface area (Å²) in [6, 6.07) is 8.95. The minimum Gasteiger partial charge on any atom is -0.493 e. The summed E-state index contributed by atoms with van der Waals surface area (Å²) in [4.78, 5) is -0.311. The monoisotopic (exact) mass is 462 g/mol. The average molecular weight is 463 g/mol. The van der Waals surface area contributed by atoms with Crippen molar-refractivity contribution in [3.05, 3.63) is 36.4 Å². The Bertz CT molecular complexity index is 1180. The van der Waals surface area contributed by atoms with Gasteiger partial charge in [-0.1, -0.05) is 24.3 Å². The van der Waals surface area contributed by atoms with Crippen LogP contribution in [0.2, 0.25) is 0 Å². The first-order chi connectivity index (χ1) is 13.1. The van der Waals surface area contributed by atoms with Crippen molar-refractivity contribution in [3.63, 3.8) is 0 Å². The van der Waals surface area contributed by atoms with Gasteiger partial charge in [-0.25, -0.2) is 16.8 Å². The van der Waals surface area contributed by atoms with Gasteiger partial charge in [-0.2, -0.15) is 0 Å². The molecule has 6 nitrogen and oxygen atoms in total. The zero-order chi connectivity index (χ0) is 20.7. The summed E-state index contributed by atoms with van der Waals surface area (Å²) < 4.78 is 60.3. The van der Waals surface area contributed by atoms with E-state index in [4.69, 9.17) is 30.8 Å². The molecule has 0 aliphatic heterocycles. The third-order valence-electron chi connectivity index (χ3n) is 4.10. The predicted octanol–water partition coefficient (Wildman–Crippen LogP) is 4.65. The Balaban J connectivity index is 2.73. The fourth-order valence-electron chi connectivity index (χ4n) is 3.17. The van der Waals surface area contributed by atoms with Crippen molar-refractivity contribution in [1.29, 1.82) is 0 Å². The van der Waals surface area contributed by atoms with Gasteiger partial charge in [-0.15, -0.1) is 0 Å². The molecule has 0 aliphatic carbocycles. The zero-order valence-electron chi connectivity index (χ0n) is 14.9. The first-order valence-electron chi connectivity index (χ1n) is 8.27. The molecule has 0 saturated heterocycles. The number of hydrogen-bond acceptors (Lipinski definition) is 6. The van der Waals surface area contributed by atoms with Crippen LogP contribution < -0.4 is 9.47 Å². The van der Waals surface area contributed by atoms with Gasteiger partial charge in [0, 0.05) is 42.9 Å². The maximum atomic E-state index is 12.2. The Labute approximate surface area is 171 Å². The topological polar surface area (TPSA) is 86.7 Å². The number of rotatable bonds is 6. The molecule has 0 fully saturated rings. The van der Waals surface area contributed by atoms with Crippen LogP contribution in [0.4, 0.5) is 0 Å². The van der Waals surface area contributed by atoms with Crippen LogP contribution in [0, 0.1) is 0 Å². The summed E-state index contributed by atoms with van der Waals surface area (Å²) in [6.45, 7) is 3.89. The van der Waals surface area contributed by atoms with Crippen LogP contribution in [0.5, 0.6) is 11.5 Å². The van der Waals surface area contributed by atoms with E-state index in [2.05, 4.69) is 0 Å². The standard InChI is InChI=1S/C18H16Cl2O6S2/c1-3-25-17-11-7-5-10-14(28(20,23)24)16(11)18(26-4-2)12-8-6-9-13(15(12)17)27(19,21)22/h5-10H,3-4H2,1-2H3. The van der Waals surface area contributed by atoms with Crippen molar-refractivity contribution >= 4 is 61.0 Å². The summed E-state index contributed by atoms with van der Waals surface area (Å²) in [7, 11) is 3.07. The van der Waals surface area contributed by atoms with Crippen LogP contribution >= 0.6 is 21.4 Å². The Morgan fingerprint density at radius 1 is 0.714 bits per heavy atom. The molecule has 10 heteroatoms. The van der Waals surface area contributed by atoms with E-state index in [1.165, 1.54) is 24.3 Å². The van der Waals surface area contributed by atoms with E-state index in [-0.39, 0.29) is 45.3 Å². The zero-order valence-corrected chi connectivity index (χ0v) is 18.0. The van der Waals surface area contributed by atoms with Crippen molar-refractivity contribution in [3.8, 4) is 11.5 Å². The third kappa shape index (κ3) is 3.61. The van der Waals surface area contributed by atoms with Crippen LogP contribution in [0.15, 0.2) is 46.2 Å². The lowest BCUT2D eigenvalue weighted by Gasteiger charge is -2.19. The molecule has 0 saturated carbocycles. The molecular weight excluding hydrogens is 447 g/mol. The molecule has 0 atom stereocenters. The number of benzene rings is 3. The Morgan fingerprint density at radius 3 is 1.36 bits per heavy atom. The highest BCUT2D eigenvalue weighted by molar-refractivity contribution is 8.14. The Morgan fingerprint density at radius 2 is 1.07 bits per heavy atom. The summed E-state index contributed by atoms with van der Waals surface area (Å²) in [5.41, 5.74) is 0. The molecule has 0 N–H and O–H groups in total. The maximum Gasteiger partial charge on any atom is 0.262 e. The van der Waals surface area contributed by atoms with Gasteiger partial charge in [0.25, 0.3) is 18.1 Å². The molecule has 0 aromatic heterocycles. The first-order valence-corrected chi connectivity index (χ1v) is 12.9. The van der Waals surface area contributed by atoms with Gasteiger partial charge in [0.05, 0.1) is 23.0 Å². The Kier molecular flexibility index (Phi) is 5.69. The highest BCUT2D eigenvalue weighted by Crippen LogP contribution is 2.48. The van der Waals surface area contributed by atoms with E-state index < -0.39 is 18.1 Å². The molecule has 0 bridgehead atoms. The van der Waals surface area contributed by atoms with E-state index in [1.807, 2.05) is 0 Å². The molecule has 0 amide bonds. The molecule has 3 aromatic rings. The number of halogens is 2. The summed E-state index contributed by atoms with van der Waals surface area (Å²) in [5, 5.41) is 1.15. The number of fused-ring (bicyclic) bond motifs is 2. The molecule has 0 spiro atoms. The molecule has 28 heavy (non-hydrogen) atoms. The van der Waals surface area contributed by atoms with Gasteiger partial charge in [0.15, 0.2) is 0 Å². The summed E-state index contributed by atoms with van der Waals surface area (Å²) >= 11 is 0. The van der Waals surface area contributed by atoms with Gasteiger partial charge >= 0.3 is 0 Å². The van der Waals surface area contributed by atoms with Crippen LogP contribution in [0.1, 0.15) is 13.8 Å². The van der Waals surface area contributed by atoms with Gasteiger partial charge in [-0.05, 0) is 26.0 Å². The van der Waals surface area contributed by atoms with E-state index in [0.717, 1.165) is 0 Å². The summed E-state index contributed by atoms with van der Waals surface area (Å²) in [5.74, 6) is 0.385. The third-order valence-corrected chi connectivity index (χ3v) is 6.83.